The molecule has 0 bridgehead atoms. The number of rotatable bonds is 3. The molecule has 2 rings (SSSR count). The van der Waals surface area contributed by atoms with Gasteiger partial charge in [-0.2, -0.15) is 5.10 Å². The molecule has 0 spiro atoms. The Morgan fingerprint density at radius 2 is 2.19 bits per heavy atom. The Morgan fingerprint density at radius 1 is 1.44 bits per heavy atom. The molecule has 1 aliphatic heterocycles. The Morgan fingerprint density at radius 3 is 2.81 bits per heavy atom. The lowest BCUT2D eigenvalue weighted by molar-refractivity contribution is 0.101. The van der Waals surface area contributed by atoms with Gasteiger partial charge in [0.1, 0.15) is 5.82 Å². The molecule has 0 aromatic carbocycles. The second kappa shape index (κ2) is 4.41. The van der Waals surface area contributed by atoms with Crippen molar-refractivity contribution in [2.75, 3.05) is 0 Å². The highest BCUT2D eigenvalue weighted by Crippen LogP contribution is 2.10. The van der Waals surface area contributed by atoms with Gasteiger partial charge in [0.05, 0.1) is 12.6 Å². The molecule has 16 heavy (non-hydrogen) atoms. The van der Waals surface area contributed by atoms with Crippen molar-refractivity contribution in [3.8, 4) is 0 Å². The second-order valence-electron chi connectivity index (χ2n) is 4.80. The quantitative estimate of drug-likeness (QED) is 0.810. The van der Waals surface area contributed by atoms with Gasteiger partial charge in [-0.1, -0.05) is 13.8 Å². The van der Waals surface area contributed by atoms with Crippen molar-refractivity contribution in [3.63, 3.8) is 0 Å². The number of aryl methyl sites for hydroxylation is 1. The third-order valence-corrected chi connectivity index (χ3v) is 3.16. The predicted molar refractivity (Wildman–Crippen MR) is 60.3 cm³/mol. The fourth-order valence-electron chi connectivity index (χ4n) is 1.96. The standard InChI is InChI=1S/C11H19N3O2/c1-8(2)9(15)7-14-11(16)13-6-4-3-5-10(13)12-14/h8-9,15H,3-7H2,1-2H3. The lowest BCUT2D eigenvalue weighted by Crippen LogP contribution is -2.32. The molecule has 1 atom stereocenters. The van der Waals surface area contributed by atoms with Gasteiger partial charge in [-0.05, 0) is 18.8 Å². The number of fused-ring (bicyclic) bond motifs is 1. The second-order valence-corrected chi connectivity index (χ2v) is 4.80. The average Bonchev–Trinajstić information content (AvgIpc) is 2.56. The summed E-state index contributed by atoms with van der Waals surface area (Å²) < 4.78 is 3.14. The van der Waals surface area contributed by atoms with Crippen LogP contribution >= 0.6 is 0 Å². The zero-order valence-corrected chi connectivity index (χ0v) is 9.89. The molecular weight excluding hydrogens is 206 g/mol. The molecule has 1 N–H and O–H groups in total. The first-order chi connectivity index (χ1) is 7.59. The highest BCUT2D eigenvalue weighted by Gasteiger charge is 2.19. The van der Waals surface area contributed by atoms with Crippen LogP contribution in [0.25, 0.3) is 0 Å². The van der Waals surface area contributed by atoms with E-state index in [1.807, 2.05) is 13.8 Å². The summed E-state index contributed by atoms with van der Waals surface area (Å²) in [5, 5.41) is 14.0. The summed E-state index contributed by atoms with van der Waals surface area (Å²) in [6, 6.07) is 0. The molecule has 1 unspecified atom stereocenters. The van der Waals surface area contributed by atoms with Gasteiger partial charge < -0.3 is 5.11 Å². The van der Waals surface area contributed by atoms with E-state index in [0.29, 0.717) is 6.54 Å². The van der Waals surface area contributed by atoms with E-state index < -0.39 is 6.10 Å². The minimum atomic E-state index is -0.505. The van der Waals surface area contributed by atoms with Gasteiger partial charge in [0, 0.05) is 13.0 Å². The van der Waals surface area contributed by atoms with Crippen LogP contribution in [0.3, 0.4) is 0 Å². The SMILES string of the molecule is CC(C)C(O)Cn1nc2n(c1=O)CCCC2. The lowest BCUT2D eigenvalue weighted by atomic mass is 10.1. The van der Waals surface area contributed by atoms with E-state index in [9.17, 15) is 9.90 Å². The van der Waals surface area contributed by atoms with Crippen LogP contribution in [0.4, 0.5) is 0 Å². The Bertz CT molecular complexity index is 419. The molecule has 1 aromatic rings. The van der Waals surface area contributed by atoms with Crippen LogP contribution in [0.2, 0.25) is 0 Å². The van der Waals surface area contributed by atoms with Crippen LogP contribution in [-0.2, 0) is 19.5 Å². The maximum absolute atomic E-state index is 11.9. The number of hydrogen-bond donors (Lipinski definition) is 1. The van der Waals surface area contributed by atoms with E-state index >= 15 is 0 Å². The maximum atomic E-state index is 11.9. The van der Waals surface area contributed by atoms with Crippen LogP contribution in [0.15, 0.2) is 4.79 Å². The van der Waals surface area contributed by atoms with Gasteiger partial charge in [-0.15, -0.1) is 0 Å². The summed E-state index contributed by atoms with van der Waals surface area (Å²) in [5.41, 5.74) is -0.0746. The van der Waals surface area contributed by atoms with Crippen LogP contribution in [-0.4, -0.2) is 25.6 Å². The van der Waals surface area contributed by atoms with E-state index in [2.05, 4.69) is 5.10 Å². The monoisotopic (exact) mass is 225 g/mol. The molecular formula is C11H19N3O2. The summed E-state index contributed by atoms with van der Waals surface area (Å²) in [4.78, 5) is 11.9. The Hall–Kier alpha value is -1.10. The van der Waals surface area contributed by atoms with E-state index in [1.165, 1.54) is 4.68 Å². The Kier molecular flexibility index (Phi) is 3.14. The van der Waals surface area contributed by atoms with Gasteiger partial charge in [-0.3, -0.25) is 4.57 Å². The number of aliphatic hydroxyl groups excluding tert-OH is 1. The number of nitrogens with zero attached hydrogens (tertiary/aromatic N) is 3. The van der Waals surface area contributed by atoms with E-state index in [0.717, 1.165) is 31.6 Å². The molecule has 0 saturated heterocycles. The smallest absolute Gasteiger partial charge is 0.346 e. The van der Waals surface area contributed by atoms with Crippen LogP contribution in [0, 0.1) is 5.92 Å². The maximum Gasteiger partial charge on any atom is 0.346 e. The predicted octanol–water partition coefficient (Wildman–Crippen LogP) is 0.398. The Labute approximate surface area is 94.7 Å². The molecule has 0 radical (unpaired) electrons. The molecule has 90 valence electrons. The van der Waals surface area contributed by atoms with E-state index in [4.69, 9.17) is 0 Å². The molecule has 0 aliphatic carbocycles. The van der Waals surface area contributed by atoms with Gasteiger partial charge in [0.15, 0.2) is 0 Å². The molecule has 5 heteroatoms. The normalized spacial score (nSPS) is 17.5. The number of aromatic nitrogens is 3. The molecule has 0 saturated carbocycles. The van der Waals surface area contributed by atoms with Gasteiger partial charge >= 0.3 is 5.69 Å². The van der Waals surface area contributed by atoms with Crippen LogP contribution < -0.4 is 5.69 Å². The number of hydrogen-bond acceptors (Lipinski definition) is 3. The van der Waals surface area contributed by atoms with E-state index in [1.54, 1.807) is 4.57 Å². The first kappa shape index (κ1) is 11.4. The van der Waals surface area contributed by atoms with Crippen LogP contribution in [0.1, 0.15) is 32.5 Å². The fourth-order valence-corrected chi connectivity index (χ4v) is 1.96. The summed E-state index contributed by atoms with van der Waals surface area (Å²) in [5.74, 6) is 1.01. The largest absolute Gasteiger partial charge is 0.391 e. The van der Waals surface area contributed by atoms with Crippen molar-refractivity contribution in [2.24, 2.45) is 5.92 Å². The first-order valence-corrected chi connectivity index (χ1v) is 5.94. The topological polar surface area (TPSA) is 60.0 Å². The van der Waals surface area contributed by atoms with Gasteiger partial charge in [0.25, 0.3) is 0 Å². The Balaban J connectivity index is 2.22. The van der Waals surface area contributed by atoms with Crippen molar-refractivity contribution in [3.05, 3.63) is 16.3 Å². The molecule has 2 heterocycles. The first-order valence-electron chi connectivity index (χ1n) is 5.94. The lowest BCUT2D eigenvalue weighted by Gasteiger charge is -2.12. The van der Waals surface area contributed by atoms with Crippen LogP contribution in [0.5, 0.6) is 0 Å². The zero-order valence-electron chi connectivity index (χ0n) is 9.89. The van der Waals surface area contributed by atoms with Crippen molar-refractivity contribution < 1.29 is 5.11 Å². The highest BCUT2D eigenvalue weighted by molar-refractivity contribution is 4.91. The summed E-state index contributed by atoms with van der Waals surface area (Å²) >= 11 is 0. The van der Waals surface area contributed by atoms with Crippen molar-refractivity contribution in [2.45, 2.75) is 52.3 Å². The van der Waals surface area contributed by atoms with Gasteiger partial charge in [0.2, 0.25) is 0 Å². The van der Waals surface area contributed by atoms with E-state index in [-0.39, 0.29) is 11.6 Å². The summed E-state index contributed by atoms with van der Waals surface area (Å²) in [7, 11) is 0. The molecule has 0 amide bonds. The summed E-state index contributed by atoms with van der Waals surface area (Å²) in [6.45, 7) is 4.94. The molecule has 5 nitrogen and oxygen atoms in total. The third kappa shape index (κ3) is 2.04. The molecule has 1 aromatic heterocycles. The minimum absolute atomic E-state index is 0.0746. The fraction of sp³-hybridized carbons (Fsp3) is 0.818. The average molecular weight is 225 g/mol. The minimum Gasteiger partial charge on any atom is -0.391 e. The third-order valence-electron chi connectivity index (χ3n) is 3.16. The zero-order chi connectivity index (χ0) is 11.7. The highest BCUT2D eigenvalue weighted by atomic mass is 16.3. The molecule has 0 fully saturated rings. The summed E-state index contributed by atoms with van der Waals surface area (Å²) in [6.07, 6.45) is 2.52. The van der Waals surface area contributed by atoms with Crippen molar-refractivity contribution >= 4 is 0 Å². The molecule has 1 aliphatic rings. The van der Waals surface area contributed by atoms with Crippen molar-refractivity contribution in [1.29, 1.82) is 0 Å². The number of aliphatic hydroxyl groups is 1. The van der Waals surface area contributed by atoms with Crippen molar-refractivity contribution in [1.82, 2.24) is 14.3 Å². The van der Waals surface area contributed by atoms with Gasteiger partial charge in [-0.25, -0.2) is 9.48 Å².